The molecule has 1 saturated carbocycles. The molecule has 1 aliphatic rings. The highest BCUT2D eigenvalue weighted by Crippen LogP contribution is 2.30. The van der Waals surface area contributed by atoms with E-state index in [-0.39, 0.29) is 5.25 Å². The summed E-state index contributed by atoms with van der Waals surface area (Å²) in [5.41, 5.74) is 1.08. The van der Waals surface area contributed by atoms with E-state index < -0.39 is 10.1 Å². The predicted octanol–water partition coefficient (Wildman–Crippen LogP) is 1.87. The largest absolute Gasteiger partial charge is 0.382 e. The van der Waals surface area contributed by atoms with Crippen LogP contribution in [0.3, 0.4) is 0 Å². The van der Waals surface area contributed by atoms with Crippen molar-refractivity contribution in [2.24, 2.45) is 0 Å². The first-order valence-electron chi connectivity index (χ1n) is 4.58. The molecule has 0 bridgehead atoms. The molecule has 1 aromatic rings. The van der Waals surface area contributed by atoms with Crippen molar-refractivity contribution >= 4 is 10.1 Å². The van der Waals surface area contributed by atoms with Gasteiger partial charge in [-0.25, -0.2) is 0 Å². The molecule has 0 aromatic heterocycles. The van der Waals surface area contributed by atoms with Gasteiger partial charge in [0.2, 0.25) is 0 Å². The fourth-order valence-corrected chi connectivity index (χ4v) is 2.38. The molecule has 0 aliphatic heterocycles. The lowest BCUT2D eigenvalue weighted by atomic mass is 10.2. The number of hydrogen-bond acceptors (Lipinski definition) is 3. The van der Waals surface area contributed by atoms with Crippen LogP contribution in [0.2, 0.25) is 0 Å². The summed E-state index contributed by atoms with van der Waals surface area (Å²) in [6, 6.07) is 7.01. The predicted molar refractivity (Wildman–Crippen MR) is 53.7 cm³/mol. The summed E-state index contributed by atoms with van der Waals surface area (Å²) in [4.78, 5) is 0. The van der Waals surface area contributed by atoms with Crippen LogP contribution in [-0.4, -0.2) is 13.7 Å². The van der Waals surface area contributed by atoms with Gasteiger partial charge in [0, 0.05) is 0 Å². The van der Waals surface area contributed by atoms with E-state index >= 15 is 0 Å². The Labute approximate surface area is 83.8 Å². The van der Waals surface area contributed by atoms with Crippen molar-refractivity contribution in [2.45, 2.75) is 25.0 Å². The Balaban J connectivity index is 2.14. The first kappa shape index (κ1) is 9.52. The Morgan fingerprint density at radius 1 is 1.21 bits per heavy atom. The van der Waals surface area contributed by atoms with Crippen molar-refractivity contribution < 1.29 is 12.6 Å². The molecule has 0 unspecified atom stereocenters. The topological polar surface area (TPSA) is 43.4 Å². The Hall–Kier alpha value is -1.03. The maximum Gasteiger partial charge on any atom is 0.312 e. The molecule has 2 rings (SSSR count). The van der Waals surface area contributed by atoms with Crippen LogP contribution in [0.5, 0.6) is 5.75 Å². The Bertz CT molecular complexity index is 415. The third-order valence-electron chi connectivity index (χ3n) is 2.17. The standard InChI is InChI=1S/C10H12O3S/c1-8-2-4-9(5-3-8)13-14(11,12)10-6-7-10/h2-5,10H,6-7H2,1H3. The van der Waals surface area contributed by atoms with E-state index in [4.69, 9.17) is 4.18 Å². The Morgan fingerprint density at radius 3 is 2.29 bits per heavy atom. The smallest absolute Gasteiger partial charge is 0.312 e. The minimum atomic E-state index is -3.35. The second kappa shape index (κ2) is 3.28. The second-order valence-electron chi connectivity index (χ2n) is 3.59. The lowest BCUT2D eigenvalue weighted by Gasteiger charge is -2.05. The van der Waals surface area contributed by atoms with Gasteiger partial charge in [-0.2, -0.15) is 8.42 Å². The number of benzene rings is 1. The molecule has 0 heterocycles. The molecule has 0 atom stereocenters. The van der Waals surface area contributed by atoms with Crippen LogP contribution in [0.25, 0.3) is 0 Å². The lowest BCUT2D eigenvalue weighted by Crippen LogP contribution is -2.14. The van der Waals surface area contributed by atoms with Gasteiger partial charge in [0.15, 0.2) is 0 Å². The maximum absolute atomic E-state index is 11.4. The van der Waals surface area contributed by atoms with Crippen LogP contribution in [0, 0.1) is 6.92 Å². The number of hydrogen-bond donors (Lipinski definition) is 0. The van der Waals surface area contributed by atoms with Gasteiger partial charge in [0.05, 0.1) is 5.25 Å². The highest BCUT2D eigenvalue weighted by atomic mass is 32.2. The van der Waals surface area contributed by atoms with Crippen molar-refractivity contribution in [1.29, 1.82) is 0 Å². The zero-order chi connectivity index (χ0) is 10.2. The van der Waals surface area contributed by atoms with Crippen molar-refractivity contribution in [3.05, 3.63) is 29.8 Å². The fourth-order valence-electron chi connectivity index (χ4n) is 1.15. The van der Waals surface area contributed by atoms with Crippen molar-refractivity contribution in [3.8, 4) is 5.75 Å². The monoisotopic (exact) mass is 212 g/mol. The molecule has 4 heteroatoms. The minimum Gasteiger partial charge on any atom is -0.382 e. The molecule has 0 radical (unpaired) electrons. The van der Waals surface area contributed by atoms with Crippen molar-refractivity contribution in [3.63, 3.8) is 0 Å². The average molecular weight is 212 g/mol. The highest BCUT2D eigenvalue weighted by Gasteiger charge is 2.37. The zero-order valence-electron chi connectivity index (χ0n) is 7.93. The number of rotatable bonds is 3. The van der Waals surface area contributed by atoms with Gasteiger partial charge in [-0.1, -0.05) is 17.7 Å². The molecule has 3 nitrogen and oxygen atoms in total. The molecule has 1 aromatic carbocycles. The molecule has 0 N–H and O–H groups in total. The van der Waals surface area contributed by atoms with Crippen LogP contribution in [0.15, 0.2) is 24.3 Å². The van der Waals surface area contributed by atoms with Crippen LogP contribution in [0.4, 0.5) is 0 Å². The van der Waals surface area contributed by atoms with E-state index in [1.54, 1.807) is 12.1 Å². The van der Waals surface area contributed by atoms with Gasteiger partial charge in [0.25, 0.3) is 0 Å². The summed E-state index contributed by atoms with van der Waals surface area (Å²) < 4.78 is 27.8. The minimum absolute atomic E-state index is 0.274. The van der Waals surface area contributed by atoms with Crippen LogP contribution in [0.1, 0.15) is 18.4 Å². The summed E-state index contributed by atoms with van der Waals surface area (Å²) in [7, 11) is -3.35. The van der Waals surface area contributed by atoms with Gasteiger partial charge >= 0.3 is 10.1 Å². The molecule has 1 aliphatic carbocycles. The van der Waals surface area contributed by atoms with Crippen molar-refractivity contribution in [2.75, 3.05) is 0 Å². The molecule has 14 heavy (non-hydrogen) atoms. The van der Waals surface area contributed by atoms with E-state index in [1.807, 2.05) is 19.1 Å². The third-order valence-corrected chi connectivity index (χ3v) is 3.88. The molecule has 1 fully saturated rings. The van der Waals surface area contributed by atoms with Gasteiger partial charge in [-0.05, 0) is 31.9 Å². The lowest BCUT2D eigenvalue weighted by molar-refractivity contribution is 0.484. The second-order valence-corrected chi connectivity index (χ2v) is 5.41. The first-order chi connectivity index (χ1) is 6.58. The van der Waals surface area contributed by atoms with E-state index in [2.05, 4.69) is 0 Å². The summed E-state index contributed by atoms with van der Waals surface area (Å²) in [5.74, 6) is 0.405. The van der Waals surface area contributed by atoms with E-state index in [1.165, 1.54) is 0 Å². The number of aryl methyl sites for hydroxylation is 1. The summed E-state index contributed by atoms with van der Waals surface area (Å²) in [6.07, 6.45) is 1.46. The molecule has 0 saturated heterocycles. The zero-order valence-corrected chi connectivity index (χ0v) is 8.75. The molecule has 0 spiro atoms. The third kappa shape index (κ3) is 2.07. The fraction of sp³-hybridized carbons (Fsp3) is 0.400. The Morgan fingerprint density at radius 2 is 1.79 bits per heavy atom. The molecular weight excluding hydrogens is 200 g/mol. The van der Waals surface area contributed by atoms with Crippen LogP contribution >= 0.6 is 0 Å². The van der Waals surface area contributed by atoms with Gasteiger partial charge in [0.1, 0.15) is 5.75 Å². The maximum atomic E-state index is 11.4. The molecule has 76 valence electrons. The van der Waals surface area contributed by atoms with Gasteiger partial charge in [-0.15, -0.1) is 0 Å². The van der Waals surface area contributed by atoms with E-state index in [0.29, 0.717) is 5.75 Å². The van der Waals surface area contributed by atoms with Crippen LogP contribution in [-0.2, 0) is 10.1 Å². The normalized spacial score (nSPS) is 16.6. The van der Waals surface area contributed by atoms with E-state index in [9.17, 15) is 8.42 Å². The quantitative estimate of drug-likeness (QED) is 0.718. The van der Waals surface area contributed by atoms with Gasteiger partial charge in [-0.3, -0.25) is 0 Å². The summed E-state index contributed by atoms with van der Waals surface area (Å²) in [6.45, 7) is 1.94. The summed E-state index contributed by atoms with van der Waals surface area (Å²) >= 11 is 0. The molecule has 0 amide bonds. The highest BCUT2D eigenvalue weighted by molar-refractivity contribution is 7.88. The SMILES string of the molecule is Cc1ccc(OS(=O)(=O)C2CC2)cc1. The molecular formula is C10H12O3S. The Kier molecular flexibility index (Phi) is 2.23. The van der Waals surface area contributed by atoms with Gasteiger partial charge < -0.3 is 4.18 Å². The van der Waals surface area contributed by atoms with E-state index in [0.717, 1.165) is 18.4 Å². The first-order valence-corrected chi connectivity index (χ1v) is 6.05. The van der Waals surface area contributed by atoms with Crippen LogP contribution < -0.4 is 4.18 Å². The average Bonchev–Trinajstić information content (AvgIpc) is 2.91. The van der Waals surface area contributed by atoms with Crippen molar-refractivity contribution in [1.82, 2.24) is 0 Å². The summed E-state index contributed by atoms with van der Waals surface area (Å²) in [5, 5.41) is -0.274.